The lowest BCUT2D eigenvalue weighted by Gasteiger charge is -2.28. The van der Waals surface area contributed by atoms with Crippen molar-refractivity contribution in [2.24, 2.45) is 0 Å². The number of rotatable bonds is 7. The van der Waals surface area contributed by atoms with Crippen LogP contribution in [0.2, 0.25) is 0 Å². The van der Waals surface area contributed by atoms with Crippen LogP contribution in [0, 0.1) is 0 Å². The molecule has 1 unspecified atom stereocenters. The maximum Gasteiger partial charge on any atom is 0.256 e. The molecule has 2 aromatic carbocycles. The minimum atomic E-state index is -1.39. The molecule has 3 aromatic rings. The third-order valence-corrected chi connectivity index (χ3v) is 6.00. The number of hydrogen-bond acceptors (Lipinski definition) is 6. The van der Waals surface area contributed by atoms with Crippen molar-refractivity contribution < 1.29 is 14.6 Å². The van der Waals surface area contributed by atoms with Gasteiger partial charge in [0.2, 0.25) is 0 Å². The molecule has 0 radical (unpaired) electrons. The van der Waals surface area contributed by atoms with Crippen LogP contribution in [0.4, 0.5) is 11.4 Å². The van der Waals surface area contributed by atoms with E-state index in [2.05, 4.69) is 39.5 Å². The van der Waals surface area contributed by atoms with Crippen LogP contribution in [0.5, 0.6) is 0 Å². The van der Waals surface area contributed by atoms with Gasteiger partial charge in [-0.2, -0.15) is 0 Å². The zero-order chi connectivity index (χ0) is 23.3. The van der Waals surface area contributed by atoms with Crippen molar-refractivity contribution >= 4 is 17.3 Å². The van der Waals surface area contributed by atoms with Gasteiger partial charge in [0.1, 0.15) is 11.4 Å². The maximum atomic E-state index is 12.2. The number of nitrogens with one attached hydrogen (secondary N) is 1. The average molecular weight is 447 g/mol. The van der Waals surface area contributed by atoms with E-state index in [1.807, 2.05) is 30.3 Å². The van der Waals surface area contributed by atoms with Crippen molar-refractivity contribution in [3.8, 4) is 11.3 Å². The second kappa shape index (κ2) is 10.1. The van der Waals surface area contributed by atoms with Crippen LogP contribution < -0.4 is 10.2 Å². The van der Waals surface area contributed by atoms with E-state index in [0.717, 1.165) is 48.9 Å². The number of benzene rings is 2. The topological polar surface area (TPSA) is 87.6 Å². The van der Waals surface area contributed by atoms with Crippen LogP contribution in [0.3, 0.4) is 0 Å². The summed E-state index contributed by atoms with van der Waals surface area (Å²) in [6, 6.07) is 17.9. The van der Waals surface area contributed by atoms with Gasteiger partial charge < -0.3 is 20.1 Å². The van der Waals surface area contributed by atoms with E-state index in [0.29, 0.717) is 18.5 Å². The summed E-state index contributed by atoms with van der Waals surface area (Å²) in [5, 5.41) is 12.8. The maximum absolute atomic E-state index is 12.2. The number of hydrogen-bond donors (Lipinski definition) is 2. The van der Waals surface area contributed by atoms with Crippen LogP contribution in [-0.4, -0.2) is 52.9 Å². The molecule has 172 valence electrons. The molecule has 0 aliphatic carbocycles. The van der Waals surface area contributed by atoms with Gasteiger partial charge in [-0.1, -0.05) is 31.2 Å². The van der Waals surface area contributed by atoms with E-state index in [4.69, 9.17) is 9.72 Å². The Kier molecular flexibility index (Phi) is 7.01. The van der Waals surface area contributed by atoms with Gasteiger partial charge in [0, 0.05) is 42.6 Å². The highest BCUT2D eigenvalue weighted by molar-refractivity contribution is 5.96. The van der Waals surface area contributed by atoms with Gasteiger partial charge in [0.25, 0.3) is 5.91 Å². The molecule has 7 nitrogen and oxygen atoms in total. The molecule has 1 aliphatic heterocycles. The number of ether oxygens (including phenoxy) is 1. The van der Waals surface area contributed by atoms with Crippen molar-refractivity contribution in [3.05, 3.63) is 72.2 Å². The van der Waals surface area contributed by atoms with Gasteiger partial charge in [-0.05, 0) is 49.2 Å². The Bertz CT molecular complexity index is 1080. The highest BCUT2D eigenvalue weighted by Gasteiger charge is 2.27. The van der Waals surface area contributed by atoms with Crippen molar-refractivity contribution in [2.75, 3.05) is 36.5 Å². The Hall–Kier alpha value is -3.29. The zero-order valence-electron chi connectivity index (χ0n) is 19.1. The van der Waals surface area contributed by atoms with Crippen molar-refractivity contribution in [3.63, 3.8) is 0 Å². The van der Waals surface area contributed by atoms with Gasteiger partial charge in [-0.3, -0.25) is 4.79 Å². The van der Waals surface area contributed by atoms with Gasteiger partial charge in [-0.15, -0.1) is 0 Å². The SMILES string of the molecule is CCC(C)(O)C(=O)Nc1ccc(-c2ccnc(Cc3ccc(N4CCOCC4)cc3)n2)cc1. The van der Waals surface area contributed by atoms with Crippen LogP contribution in [0.25, 0.3) is 11.3 Å². The summed E-state index contributed by atoms with van der Waals surface area (Å²) in [6.07, 6.45) is 2.77. The molecule has 0 spiro atoms. The fraction of sp³-hybridized carbons (Fsp3) is 0.346. The number of carbonyl (C=O) groups excluding carboxylic acids is 1. The molecule has 0 saturated carbocycles. The molecular weight excluding hydrogens is 416 g/mol. The molecular formula is C26H30N4O3. The summed E-state index contributed by atoms with van der Waals surface area (Å²) in [6.45, 7) is 6.67. The monoisotopic (exact) mass is 446 g/mol. The number of aliphatic hydroxyl groups is 1. The second-order valence-electron chi connectivity index (χ2n) is 8.46. The highest BCUT2D eigenvalue weighted by Crippen LogP contribution is 2.22. The van der Waals surface area contributed by atoms with E-state index in [-0.39, 0.29) is 0 Å². The largest absolute Gasteiger partial charge is 0.380 e. The van der Waals surface area contributed by atoms with Gasteiger partial charge in [0.15, 0.2) is 0 Å². The van der Waals surface area contributed by atoms with Crippen LogP contribution >= 0.6 is 0 Å². The quantitative estimate of drug-likeness (QED) is 0.576. The molecule has 1 aliphatic rings. The van der Waals surface area contributed by atoms with Crippen molar-refractivity contribution in [1.82, 2.24) is 9.97 Å². The number of aromatic nitrogens is 2. The minimum Gasteiger partial charge on any atom is -0.380 e. The first-order valence-corrected chi connectivity index (χ1v) is 11.3. The van der Waals surface area contributed by atoms with Gasteiger partial charge in [0.05, 0.1) is 18.9 Å². The van der Waals surface area contributed by atoms with E-state index in [9.17, 15) is 9.90 Å². The number of carbonyl (C=O) groups is 1. The Balaban J connectivity index is 1.42. The molecule has 7 heteroatoms. The predicted molar refractivity (Wildman–Crippen MR) is 129 cm³/mol. The van der Waals surface area contributed by atoms with E-state index < -0.39 is 11.5 Å². The molecule has 0 bridgehead atoms. The van der Waals surface area contributed by atoms with Crippen LogP contribution in [0.1, 0.15) is 31.7 Å². The van der Waals surface area contributed by atoms with Crippen LogP contribution in [0.15, 0.2) is 60.8 Å². The van der Waals surface area contributed by atoms with Gasteiger partial charge in [-0.25, -0.2) is 9.97 Å². The van der Waals surface area contributed by atoms with Crippen molar-refractivity contribution in [2.45, 2.75) is 32.3 Å². The molecule has 33 heavy (non-hydrogen) atoms. The Morgan fingerprint density at radius 3 is 2.45 bits per heavy atom. The smallest absolute Gasteiger partial charge is 0.256 e. The molecule has 2 heterocycles. The number of nitrogens with zero attached hydrogens (tertiary/aromatic N) is 3. The number of amides is 1. The molecule has 1 saturated heterocycles. The molecule has 1 fully saturated rings. The van der Waals surface area contributed by atoms with Crippen molar-refractivity contribution in [1.29, 1.82) is 0 Å². The third-order valence-electron chi connectivity index (χ3n) is 6.00. The summed E-state index contributed by atoms with van der Waals surface area (Å²) < 4.78 is 5.43. The Morgan fingerprint density at radius 1 is 1.09 bits per heavy atom. The van der Waals surface area contributed by atoms with E-state index in [1.165, 1.54) is 12.6 Å². The standard InChI is InChI=1S/C26H30N4O3/c1-3-26(2,32)25(31)28-21-8-6-20(7-9-21)23-12-13-27-24(29-23)18-19-4-10-22(11-5-19)30-14-16-33-17-15-30/h4-13,32H,3,14-18H2,1-2H3,(H,28,31). The van der Waals surface area contributed by atoms with E-state index >= 15 is 0 Å². The molecule has 1 aromatic heterocycles. The minimum absolute atomic E-state index is 0.344. The fourth-order valence-electron chi connectivity index (χ4n) is 3.62. The molecule has 1 amide bonds. The van der Waals surface area contributed by atoms with Gasteiger partial charge >= 0.3 is 0 Å². The first-order chi connectivity index (χ1) is 15.9. The zero-order valence-corrected chi connectivity index (χ0v) is 19.1. The molecule has 2 N–H and O–H groups in total. The fourth-order valence-corrected chi connectivity index (χ4v) is 3.62. The third kappa shape index (κ3) is 5.74. The summed E-state index contributed by atoms with van der Waals surface area (Å²) in [5.74, 6) is 0.338. The first kappa shape index (κ1) is 22.9. The molecule has 4 rings (SSSR count). The number of morpholine rings is 1. The lowest BCUT2D eigenvalue weighted by atomic mass is 10.0. The Morgan fingerprint density at radius 2 is 1.79 bits per heavy atom. The molecule has 1 atom stereocenters. The second-order valence-corrected chi connectivity index (χ2v) is 8.46. The Labute approximate surface area is 194 Å². The van der Waals surface area contributed by atoms with Crippen LogP contribution in [-0.2, 0) is 16.0 Å². The predicted octanol–water partition coefficient (Wildman–Crippen LogP) is 3.67. The number of anilines is 2. The summed E-state index contributed by atoms with van der Waals surface area (Å²) in [7, 11) is 0. The first-order valence-electron chi connectivity index (χ1n) is 11.3. The summed E-state index contributed by atoms with van der Waals surface area (Å²) in [5.41, 5.74) is 3.37. The van der Waals surface area contributed by atoms with E-state index in [1.54, 1.807) is 13.1 Å². The highest BCUT2D eigenvalue weighted by atomic mass is 16.5. The average Bonchev–Trinajstić information content (AvgIpc) is 2.85. The lowest BCUT2D eigenvalue weighted by molar-refractivity contribution is -0.132. The summed E-state index contributed by atoms with van der Waals surface area (Å²) >= 11 is 0. The normalized spacial score (nSPS) is 15.7. The summed E-state index contributed by atoms with van der Waals surface area (Å²) in [4.78, 5) is 23.7. The lowest BCUT2D eigenvalue weighted by Crippen LogP contribution is -2.39.